The molecule has 0 spiro atoms. The molecule has 1 rings (SSSR count). The van der Waals surface area contributed by atoms with Gasteiger partial charge in [-0.1, -0.05) is 6.42 Å². The highest BCUT2D eigenvalue weighted by Gasteiger charge is 2.29. The summed E-state index contributed by atoms with van der Waals surface area (Å²) in [6.07, 6.45) is 5.05. The third-order valence-corrected chi connectivity index (χ3v) is 4.24. The lowest BCUT2D eigenvalue weighted by atomic mass is 9.79. The van der Waals surface area contributed by atoms with Gasteiger partial charge in [0.1, 0.15) is 9.84 Å². The van der Waals surface area contributed by atoms with Crippen LogP contribution in [0.4, 0.5) is 0 Å². The number of hydrogen-bond acceptors (Lipinski definition) is 4. The Morgan fingerprint density at radius 2 is 2.07 bits per heavy atom. The van der Waals surface area contributed by atoms with Gasteiger partial charge in [0.25, 0.3) is 0 Å². The van der Waals surface area contributed by atoms with Crippen molar-refractivity contribution in [2.45, 2.75) is 25.3 Å². The molecule has 15 heavy (non-hydrogen) atoms. The van der Waals surface area contributed by atoms with E-state index >= 15 is 0 Å². The van der Waals surface area contributed by atoms with Gasteiger partial charge in [0.2, 0.25) is 0 Å². The van der Waals surface area contributed by atoms with Crippen LogP contribution in [0.2, 0.25) is 0 Å². The second kappa shape index (κ2) is 5.27. The zero-order chi connectivity index (χ0) is 11.5. The maximum atomic E-state index is 11.0. The van der Waals surface area contributed by atoms with E-state index in [9.17, 15) is 8.42 Å². The van der Waals surface area contributed by atoms with E-state index in [-0.39, 0.29) is 5.75 Å². The van der Waals surface area contributed by atoms with Crippen LogP contribution in [0.3, 0.4) is 0 Å². The maximum Gasteiger partial charge on any atom is 0.148 e. The topological polar surface area (TPSA) is 63.4 Å². The van der Waals surface area contributed by atoms with Crippen molar-refractivity contribution in [3.63, 3.8) is 0 Å². The van der Waals surface area contributed by atoms with Gasteiger partial charge in [-0.05, 0) is 25.8 Å². The number of nitrogens with two attached hydrogens (primary N) is 1. The largest absolute Gasteiger partial charge is 0.329 e. The van der Waals surface area contributed by atoms with E-state index in [2.05, 4.69) is 4.90 Å². The van der Waals surface area contributed by atoms with Crippen LogP contribution in [0.1, 0.15) is 19.3 Å². The van der Waals surface area contributed by atoms with Gasteiger partial charge in [0.05, 0.1) is 5.75 Å². The lowest BCUT2D eigenvalue weighted by molar-refractivity contribution is 0.130. The molecule has 1 atom stereocenters. The van der Waals surface area contributed by atoms with Crippen molar-refractivity contribution in [3.05, 3.63) is 0 Å². The van der Waals surface area contributed by atoms with Crippen LogP contribution in [0.5, 0.6) is 0 Å². The Balaban J connectivity index is 2.39. The molecule has 4 nitrogen and oxygen atoms in total. The molecule has 0 radical (unpaired) electrons. The van der Waals surface area contributed by atoms with Crippen molar-refractivity contribution in [2.75, 3.05) is 32.1 Å². The second-order valence-electron chi connectivity index (χ2n) is 4.60. The average Bonchev–Trinajstić information content (AvgIpc) is 2.05. The van der Waals surface area contributed by atoms with Crippen LogP contribution in [0.25, 0.3) is 0 Å². The fourth-order valence-electron chi connectivity index (χ4n) is 2.03. The molecule has 5 heteroatoms. The van der Waals surface area contributed by atoms with Crippen LogP contribution in [-0.2, 0) is 9.84 Å². The van der Waals surface area contributed by atoms with Crippen LogP contribution in [0.15, 0.2) is 0 Å². The first kappa shape index (κ1) is 12.9. The van der Waals surface area contributed by atoms with E-state index in [0.29, 0.717) is 25.0 Å². The van der Waals surface area contributed by atoms with Crippen molar-refractivity contribution in [2.24, 2.45) is 11.7 Å². The van der Waals surface area contributed by atoms with Crippen LogP contribution in [0, 0.1) is 5.92 Å². The van der Waals surface area contributed by atoms with Crippen LogP contribution < -0.4 is 5.73 Å². The molecule has 0 aromatic rings. The zero-order valence-electron chi connectivity index (χ0n) is 9.65. The van der Waals surface area contributed by atoms with Crippen molar-refractivity contribution in [1.82, 2.24) is 4.90 Å². The van der Waals surface area contributed by atoms with Gasteiger partial charge in [-0.25, -0.2) is 8.42 Å². The lowest BCUT2D eigenvalue weighted by Gasteiger charge is -2.38. The maximum absolute atomic E-state index is 11.0. The fourth-order valence-corrected chi connectivity index (χ4v) is 2.65. The third-order valence-electron chi connectivity index (χ3n) is 3.32. The van der Waals surface area contributed by atoms with Crippen LogP contribution in [-0.4, -0.2) is 51.5 Å². The molecular formula is C10H22N2O2S. The van der Waals surface area contributed by atoms with Gasteiger partial charge in [-0.15, -0.1) is 0 Å². The minimum absolute atomic E-state index is 0.229. The predicted molar refractivity (Wildman–Crippen MR) is 62.5 cm³/mol. The van der Waals surface area contributed by atoms with Crippen molar-refractivity contribution in [1.29, 1.82) is 0 Å². The first-order valence-corrected chi connectivity index (χ1v) is 7.58. The van der Waals surface area contributed by atoms with E-state index in [1.54, 1.807) is 0 Å². The average molecular weight is 234 g/mol. The molecule has 1 aliphatic carbocycles. The minimum Gasteiger partial charge on any atom is -0.329 e. The number of rotatable bonds is 6. The molecule has 0 amide bonds. The molecule has 0 aromatic carbocycles. The molecule has 0 aromatic heterocycles. The SMILES string of the molecule is CN(CCS(C)(=O)=O)C(CN)C1CCC1. The predicted octanol–water partition coefficient (Wildman–Crippen LogP) is 0.0902. The van der Waals surface area contributed by atoms with Gasteiger partial charge in [-0.2, -0.15) is 0 Å². The molecule has 2 N–H and O–H groups in total. The third kappa shape index (κ3) is 4.09. The Labute approximate surface area is 92.7 Å². The van der Waals surface area contributed by atoms with Gasteiger partial charge in [0, 0.05) is 25.4 Å². The summed E-state index contributed by atoms with van der Waals surface area (Å²) >= 11 is 0. The van der Waals surface area contributed by atoms with Crippen molar-refractivity contribution >= 4 is 9.84 Å². The highest BCUT2D eigenvalue weighted by molar-refractivity contribution is 7.90. The molecule has 1 unspecified atom stereocenters. The Morgan fingerprint density at radius 1 is 1.47 bits per heavy atom. The highest BCUT2D eigenvalue weighted by atomic mass is 32.2. The summed E-state index contributed by atoms with van der Waals surface area (Å²) in [5.74, 6) is 0.909. The van der Waals surface area contributed by atoms with Crippen molar-refractivity contribution in [3.8, 4) is 0 Å². The summed E-state index contributed by atoms with van der Waals surface area (Å²) in [6.45, 7) is 1.22. The normalized spacial score (nSPS) is 20.3. The summed E-state index contributed by atoms with van der Waals surface area (Å²) < 4.78 is 22.1. The molecule has 0 bridgehead atoms. The molecule has 90 valence electrons. The Bertz CT molecular complexity index is 286. The van der Waals surface area contributed by atoms with E-state index in [4.69, 9.17) is 5.73 Å². The number of hydrogen-bond donors (Lipinski definition) is 1. The van der Waals surface area contributed by atoms with E-state index < -0.39 is 9.84 Å². The van der Waals surface area contributed by atoms with E-state index in [0.717, 1.165) is 0 Å². The summed E-state index contributed by atoms with van der Waals surface area (Å²) in [4.78, 5) is 2.10. The lowest BCUT2D eigenvalue weighted by Crippen LogP contribution is -2.47. The first-order chi connectivity index (χ1) is 6.94. The zero-order valence-corrected chi connectivity index (χ0v) is 10.5. The standard InChI is InChI=1S/C10H22N2O2S/c1-12(6-7-15(2,13)14)10(8-11)9-4-3-5-9/h9-10H,3-8,11H2,1-2H3. The summed E-state index contributed by atoms with van der Waals surface area (Å²) in [5.41, 5.74) is 5.73. The first-order valence-electron chi connectivity index (χ1n) is 5.52. The fraction of sp³-hybridized carbons (Fsp3) is 1.00. The van der Waals surface area contributed by atoms with Gasteiger partial charge < -0.3 is 10.6 Å². The Kier molecular flexibility index (Phi) is 4.55. The summed E-state index contributed by atoms with van der Waals surface area (Å²) in [7, 11) is -0.885. The van der Waals surface area contributed by atoms with Gasteiger partial charge >= 0.3 is 0 Å². The number of likely N-dealkylation sites (N-methyl/N-ethyl adjacent to an activating group) is 1. The van der Waals surface area contributed by atoms with Gasteiger partial charge in [0.15, 0.2) is 0 Å². The highest BCUT2D eigenvalue weighted by Crippen LogP contribution is 2.31. The number of sulfone groups is 1. The molecule has 0 saturated heterocycles. The van der Waals surface area contributed by atoms with Gasteiger partial charge in [-0.3, -0.25) is 0 Å². The molecule has 0 aliphatic heterocycles. The molecule has 0 heterocycles. The second-order valence-corrected chi connectivity index (χ2v) is 6.86. The van der Waals surface area contributed by atoms with E-state index in [1.165, 1.54) is 25.5 Å². The van der Waals surface area contributed by atoms with Crippen LogP contribution >= 0.6 is 0 Å². The molecular weight excluding hydrogens is 212 g/mol. The van der Waals surface area contributed by atoms with E-state index in [1.807, 2.05) is 7.05 Å². The monoisotopic (exact) mass is 234 g/mol. The quantitative estimate of drug-likeness (QED) is 0.707. The Hall–Kier alpha value is -0.130. The molecule has 1 aliphatic rings. The summed E-state index contributed by atoms with van der Waals surface area (Å²) in [5, 5.41) is 0. The molecule has 1 saturated carbocycles. The number of nitrogens with zero attached hydrogens (tertiary/aromatic N) is 1. The van der Waals surface area contributed by atoms with Crippen molar-refractivity contribution < 1.29 is 8.42 Å². The smallest absolute Gasteiger partial charge is 0.148 e. The Morgan fingerprint density at radius 3 is 2.40 bits per heavy atom. The summed E-state index contributed by atoms with van der Waals surface area (Å²) in [6, 6.07) is 0.362. The molecule has 1 fully saturated rings. The minimum atomic E-state index is -2.86.